The van der Waals surface area contributed by atoms with Crippen molar-refractivity contribution in [3.05, 3.63) is 58.7 Å². The molecule has 0 aliphatic heterocycles. The Morgan fingerprint density at radius 2 is 1.72 bits per heavy atom. The van der Waals surface area contributed by atoms with E-state index >= 15 is 0 Å². The van der Waals surface area contributed by atoms with Gasteiger partial charge < -0.3 is 5.73 Å². The minimum absolute atomic E-state index is 0.227. The van der Waals surface area contributed by atoms with Crippen LogP contribution >= 0.6 is 0 Å². The molecule has 1 heteroatoms. The molecule has 18 heavy (non-hydrogen) atoms. The summed E-state index contributed by atoms with van der Waals surface area (Å²) in [5, 5.41) is 0. The molecule has 0 spiro atoms. The maximum atomic E-state index is 6.16. The van der Waals surface area contributed by atoms with Crippen molar-refractivity contribution in [3.8, 4) is 11.1 Å². The highest BCUT2D eigenvalue weighted by Gasteiger charge is 2.22. The first-order valence-electron chi connectivity index (χ1n) is 6.62. The molecule has 92 valence electrons. The number of aryl methyl sites for hydroxylation is 1. The van der Waals surface area contributed by atoms with E-state index in [9.17, 15) is 0 Å². The van der Waals surface area contributed by atoms with E-state index in [1.165, 1.54) is 33.4 Å². The molecule has 0 heterocycles. The molecule has 0 radical (unpaired) electrons. The van der Waals surface area contributed by atoms with Gasteiger partial charge in [-0.2, -0.15) is 0 Å². The Morgan fingerprint density at radius 3 is 2.56 bits per heavy atom. The van der Waals surface area contributed by atoms with E-state index in [4.69, 9.17) is 5.73 Å². The van der Waals surface area contributed by atoms with Gasteiger partial charge in [0.15, 0.2) is 0 Å². The first-order valence-corrected chi connectivity index (χ1v) is 6.62. The molecular formula is C17H19N. The van der Waals surface area contributed by atoms with Gasteiger partial charge in [-0.25, -0.2) is 0 Å². The average Bonchev–Trinajstić information content (AvgIpc) is 2.75. The highest BCUT2D eigenvalue weighted by atomic mass is 14.6. The van der Waals surface area contributed by atoms with Crippen LogP contribution in [-0.2, 0) is 6.42 Å². The zero-order valence-corrected chi connectivity index (χ0v) is 11.0. The SMILES string of the molecule is Cc1cccc(-c2cccc3c2CCC3N)c1C. The quantitative estimate of drug-likeness (QED) is 0.799. The molecule has 1 aliphatic rings. The molecule has 2 aromatic carbocycles. The molecule has 0 saturated carbocycles. The van der Waals surface area contributed by atoms with Gasteiger partial charge in [-0.1, -0.05) is 36.4 Å². The molecule has 0 saturated heterocycles. The van der Waals surface area contributed by atoms with Crippen LogP contribution in [0.2, 0.25) is 0 Å². The van der Waals surface area contributed by atoms with Crippen LogP contribution in [0.25, 0.3) is 11.1 Å². The number of rotatable bonds is 1. The third-order valence-corrected chi connectivity index (χ3v) is 4.21. The largest absolute Gasteiger partial charge is 0.324 e. The summed E-state index contributed by atoms with van der Waals surface area (Å²) in [6.07, 6.45) is 2.19. The molecule has 0 bridgehead atoms. The first kappa shape index (κ1) is 11.5. The van der Waals surface area contributed by atoms with Gasteiger partial charge in [-0.05, 0) is 60.1 Å². The van der Waals surface area contributed by atoms with Gasteiger partial charge in [0, 0.05) is 6.04 Å². The predicted molar refractivity (Wildman–Crippen MR) is 76.6 cm³/mol. The highest BCUT2D eigenvalue weighted by molar-refractivity contribution is 5.73. The van der Waals surface area contributed by atoms with E-state index in [-0.39, 0.29) is 6.04 Å². The molecule has 2 aromatic rings. The molecule has 0 aromatic heterocycles. The van der Waals surface area contributed by atoms with Crippen LogP contribution in [0.3, 0.4) is 0 Å². The maximum Gasteiger partial charge on any atom is 0.0300 e. The van der Waals surface area contributed by atoms with Crippen molar-refractivity contribution >= 4 is 0 Å². The molecular weight excluding hydrogens is 218 g/mol. The summed E-state index contributed by atoms with van der Waals surface area (Å²) < 4.78 is 0. The normalized spacial score (nSPS) is 17.8. The molecule has 3 rings (SSSR count). The van der Waals surface area contributed by atoms with Crippen LogP contribution in [-0.4, -0.2) is 0 Å². The van der Waals surface area contributed by atoms with Gasteiger partial charge in [0.1, 0.15) is 0 Å². The lowest BCUT2D eigenvalue weighted by Gasteiger charge is -2.13. The third-order valence-electron chi connectivity index (χ3n) is 4.21. The Labute approximate surface area is 109 Å². The lowest BCUT2D eigenvalue weighted by Crippen LogP contribution is -2.05. The van der Waals surface area contributed by atoms with Crippen LogP contribution in [0.4, 0.5) is 0 Å². The monoisotopic (exact) mass is 237 g/mol. The van der Waals surface area contributed by atoms with E-state index in [1.807, 2.05) is 0 Å². The predicted octanol–water partition coefficient (Wildman–Crippen LogP) is 3.92. The molecule has 0 amide bonds. The van der Waals surface area contributed by atoms with E-state index < -0.39 is 0 Å². The van der Waals surface area contributed by atoms with E-state index in [2.05, 4.69) is 50.2 Å². The molecule has 0 fully saturated rings. The topological polar surface area (TPSA) is 26.0 Å². The van der Waals surface area contributed by atoms with Crippen molar-refractivity contribution in [3.63, 3.8) is 0 Å². The molecule has 1 atom stereocenters. The number of nitrogens with two attached hydrogens (primary N) is 1. The number of fused-ring (bicyclic) bond motifs is 1. The number of benzene rings is 2. The zero-order chi connectivity index (χ0) is 12.7. The van der Waals surface area contributed by atoms with Crippen LogP contribution < -0.4 is 5.73 Å². The second-order valence-corrected chi connectivity index (χ2v) is 5.27. The van der Waals surface area contributed by atoms with Crippen molar-refractivity contribution < 1.29 is 0 Å². The minimum atomic E-state index is 0.227. The minimum Gasteiger partial charge on any atom is -0.324 e. The van der Waals surface area contributed by atoms with Crippen LogP contribution in [0.15, 0.2) is 36.4 Å². The molecule has 1 unspecified atom stereocenters. The van der Waals surface area contributed by atoms with Gasteiger partial charge >= 0.3 is 0 Å². The third kappa shape index (κ3) is 1.67. The Kier molecular flexibility index (Phi) is 2.71. The van der Waals surface area contributed by atoms with Crippen molar-refractivity contribution in [2.45, 2.75) is 32.7 Å². The fourth-order valence-corrected chi connectivity index (χ4v) is 2.98. The van der Waals surface area contributed by atoms with E-state index in [0.717, 1.165) is 12.8 Å². The van der Waals surface area contributed by atoms with E-state index in [1.54, 1.807) is 0 Å². The molecule has 2 N–H and O–H groups in total. The lowest BCUT2D eigenvalue weighted by atomic mass is 9.92. The van der Waals surface area contributed by atoms with Crippen molar-refractivity contribution in [1.29, 1.82) is 0 Å². The lowest BCUT2D eigenvalue weighted by molar-refractivity contribution is 0.713. The van der Waals surface area contributed by atoms with Gasteiger partial charge in [0.2, 0.25) is 0 Å². The second-order valence-electron chi connectivity index (χ2n) is 5.27. The van der Waals surface area contributed by atoms with Crippen LogP contribution in [0, 0.1) is 13.8 Å². The fourth-order valence-electron chi connectivity index (χ4n) is 2.98. The standard InChI is InChI=1S/C17H19N/c1-11-5-3-6-13(12(11)2)14-7-4-8-16-15(14)9-10-17(16)18/h3-8,17H,9-10,18H2,1-2H3. The second kappa shape index (κ2) is 4.25. The summed E-state index contributed by atoms with van der Waals surface area (Å²) in [7, 11) is 0. The maximum absolute atomic E-state index is 6.16. The summed E-state index contributed by atoms with van der Waals surface area (Å²) >= 11 is 0. The van der Waals surface area contributed by atoms with Gasteiger partial charge in [-0.3, -0.25) is 0 Å². The summed E-state index contributed by atoms with van der Waals surface area (Å²) in [6, 6.07) is 13.3. The van der Waals surface area contributed by atoms with Crippen molar-refractivity contribution in [2.24, 2.45) is 5.73 Å². The Hall–Kier alpha value is -1.60. The Morgan fingerprint density at radius 1 is 1.00 bits per heavy atom. The first-order chi connectivity index (χ1) is 8.68. The van der Waals surface area contributed by atoms with Crippen molar-refractivity contribution in [1.82, 2.24) is 0 Å². The molecule has 1 aliphatic carbocycles. The Bertz CT molecular complexity index is 599. The smallest absolute Gasteiger partial charge is 0.0300 e. The highest BCUT2D eigenvalue weighted by Crippen LogP contribution is 2.37. The van der Waals surface area contributed by atoms with Gasteiger partial charge in [0.05, 0.1) is 0 Å². The fraction of sp³-hybridized carbons (Fsp3) is 0.294. The summed E-state index contributed by atoms with van der Waals surface area (Å²) in [5.41, 5.74) is 14.4. The van der Waals surface area contributed by atoms with Crippen molar-refractivity contribution in [2.75, 3.05) is 0 Å². The summed E-state index contributed by atoms with van der Waals surface area (Å²) in [4.78, 5) is 0. The van der Waals surface area contributed by atoms with E-state index in [0.29, 0.717) is 0 Å². The summed E-state index contributed by atoms with van der Waals surface area (Å²) in [5.74, 6) is 0. The number of hydrogen-bond acceptors (Lipinski definition) is 1. The van der Waals surface area contributed by atoms with Crippen LogP contribution in [0.5, 0.6) is 0 Å². The zero-order valence-electron chi connectivity index (χ0n) is 11.0. The number of hydrogen-bond donors (Lipinski definition) is 1. The Balaban J connectivity index is 2.22. The average molecular weight is 237 g/mol. The summed E-state index contributed by atoms with van der Waals surface area (Å²) in [6.45, 7) is 4.38. The molecule has 1 nitrogen and oxygen atoms in total. The van der Waals surface area contributed by atoms with Crippen LogP contribution in [0.1, 0.15) is 34.7 Å². The van der Waals surface area contributed by atoms with Gasteiger partial charge in [-0.15, -0.1) is 0 Å². The van der Waals surface area contributed by atoms with Gasteiger partial charge in [0.25, 0.3) is 0 Å².